The minimum absolute atomic E-state index is 0.385. The van der Waals surface area contributed by atoms with Gasteiger partial charge in [-0.1, -0.05) is 19.1 Å². The molecule has 0 saturated heterocycles. The van der Waals surface area contributed by atoms with Gasteiger partial charge in [0, 0.05) is 0 Å². The van der Waals surface area contributed by atoms with Gasteiger partial charge in [-0.25, -0.2) is 0 Å². The number of carboxylic acids is 1. The minimum atomic E-state index is -1.12. The molecule has 11 heavy (non-hydrogen) atoms. The van der Waals surface area contributed by atoms with Gasteiger partial charge in [0.25, 0.3) is 0 Å². The van der Waals surface area contributed by atoms with Crippen molar-refractivity contribution in [2.24, 2.45) is 5.73 Å². The highest BCUT2D eigenvalue weighted by atomic mass is 16.4. The zero-order valence-electron chi connectivity index (χ0n) is 7.00. The third-order valence-electron chi connectivity index (χ3n) is 1.43. The van der Waals surface area contributed by atoms with E-state index in [1.807, 2.05) is 13.0 Å². The van der Waals surface area contributed by atoms with Crippen molar-refractivity contribution < 1.29 is 9.90 Å². The first-order valence-electron chi connectivity index (χ1n) is 3.68. The second-order valence-electron chi connectivity index (χ2n) is 2.81. The van der Waals surface area contributed by atoms with Gasteiger partial charge in [0.1, 0.15) is 5.54 Å². The molecule has 0 heterocycles. The molecule has 3 heteroatoms. The molecule has 0 unspecified atom stereocenters. The third kappa shape index (κ3) is 3.78. The fraction of sp³-hybridized carbons (Fsp3) is 0.625. The predicted octanol–water partition coefficient (Wildman–Crippen LogP) is 1.14. The highest BCUT2D eigenvalue weighted by Gasteiger charge is 2.25. The highest BCUT2D eigenvalue weighted by Crippen LogP contribution is 2.06. The summed E-state index contributed by atoms with van der Waals surface area (Å²) in [5.74, 6) is -0.960. The quantitative estimate of drug-likeness (QED) is 0.601. The molecular formula is C8H15NO2. The Kier molecular flexibility index (Phi) is 3.82. The summed E-state index contributed by atoms with van der Waals surface area (Å²) in [5, 5.41) is 8.58. The molecule has 0 fully saturated rings. The lowest BCUT2D eigenvalue weighted by atomic mass is 9.99. The maximum absolute atomic E-state index is 10.5. The Balaban J connectivity index is 3.92. The zero-order valence-corrected chi connectivity index (χ0v) is 7.00. The van der Waals surface area contributed by atoms with Gasteiger partial charge in [0.2, 0.25) is 0 Å². The molecule has 0 bridgehead atoms. The Labute approximate surface area is 66.9 Å². The van der Waals surface area contributed by atoms with E-state index in [4.69, 9.17) is 10.8 Å². The first kappa shape index (κ1) is 10.2. The normalized spacial score (nSPS) is 16.6. The summed E-state index contributed by atoms with van der Waals surface area (Å²) in [5.41, 5.74) is 4.33. The van der Waals surface area contributed by atoms with Crippen molar-refractivity contribution in [2.45, 2.75) is 32.2 Å². The number of hydrogen-bond acceptors (Lipinski definition) is 2. The van der Waals surface area contributed by atoms with Gasteiger partial charge >= 0.3 is 5.97 Å². The molecule has 0 spiro atoms. The number of carboxylic acid groups (broad SMARTS) is 1. The van der Waals surface area contributed by atoms with E-state index in [9.17, 15) is 4.79 Å². The Morgan fingerprint density at radius 1 is 1.64 bits per heavy atom. The Morgan fingerprint density at radius 3 is 2.55 bits per heavy atom. The van der Waals surface area contributed by atoms with Gasteiger partial charge in [0.05, 0.1) is 0 Å². The minimum Gasteiger partial charge on any atom is -0.480 e. The highest BCUT2D eigenvalue weighted by molar-refractivity contribution is 5.78. The van der Waals surface area contributed by atoms with Crippen molar-refractivity contribution in [1.29, 1.82) is 0 Å². The van der Waals surface area contributed by atoms with Gasteiger partial charge in [-0.3, -0.25) is 4.79 Å². The number of nitrogens with two attached hydrogens (primary N) is 1. The molecule has 0 radical (unpaired) electrons. The summed E-state index contributed by atoms with van der Waals surface area (Å²) in [6.45, 7) is 3.50. The molecule has 0 aromatic heterocycles. The van der Waals surface area contributed by atoms with Crippen molar-refractivity contribution in [2.75, 3.05) is 0 Å². The lowest BCUT2D eigenvalue weighted by Crippen LogP contribution is -2.44. The topological polar surface area (TPSA) is 63.3 Å². The fourth-order valence-electron chi connectivity index (χ4n) is 0.582. The Hall–Kier alpha value is -0.830. The molecule has 0 aromatic rings. The van der Waals surface area contributed by atoms with Crippen LogP contribution in [0.15, 0.2) is 12.2 Å². The monoisotopic (exact) mass is 157 g/mol. The zero-order chi connectivity index (χ0) is 8.91. The number of hydrogen-bond donors (Lipinski definition) is 2. The third-order valence-corrected chi connectivity index (χ3v) is 1.43. The average molecular weight is 157 g/mol. The van der Waals surface area contributed by atoms with Crippen LogP contribution in [0.1, 0.15) is 26.7 Å². The summed E-state index contributed by atoms with van der Waals surface area (Å²) in [4.78, 5) is 10.5. The number of aliphatic carboxylic acids is 1. The van der Waals surface area contributed by atoms with E-state index >= 15 is 0 Å². The van der Waals surface area contributed by atoms with Crippen LogP contribution >= 0.6 is 0 Å². The fourth-order valence-corrected chi connectivity index (χ4v) is 0.582. The second kappa shape index (κ2) is 4.13. The van der Waals surface area contributed by atoms with E-state index in [1.165, 1.54) is 6.92 Å². The molecule has 3 N–H and O–H groups in total. The molecular weight excluding hydrogens is 142 g/mol. The largest absolute Gasteiger partial charge is 0.480 e. The van der Waals surface area contributed by atoms with E-state index in [0.29, 0.717) is 6.42 Å². The van der Waals surface area contributed by atoms with Crippen molar-refractivity contribution in [1.82, 2.24) is 0 Å². The molecule has 0 aliphatic rings. The molecule has 0 aromatic carbocycles. The Morgan fingerprint density at radius 2 is 2.18 bits per heavy atom. The van der Waals surface area contributed by atoms with Crippen LogP contribution < -0.4 is 5.73 Å². The van der Waals surface area contributed by atoms with Crippen LogP contribution in [0.5, 0.6) is 0 Å². The summed E-state index contributed by atoms with van der Waals surface area (Å²) in [7, 11) is 0. The van der Waals surface area contributed by atoms with E-state index in [0.717, 1.165) is 6.42 Å². The van der Waals surface area contributed by atoms with Crippen LogP contribution in [0, 0.1) is 0 Å². The molecule has 64 valence electrons. The van der Waals surface area contributed by atoms with Gasteiger partial charge in [-0.2, -0.15) is 0 Å². The van der Waals surface area contributed by atoms with Crippen molar-refractivity contribution in [3.8, 4) is 0 Å². The SMILES string of the molecule is CCC=CC[C@@](C)(N)C(=O)O. The average Bonchev–Trinajstić information content (AvgIpc) is 1.88. The predicted molar refractivity (Wildman–Crippen MR) is 44.3 cm³/mol. The molecule has 0 rings (SSSR count). The van der Waals surface area contributed by atoms with Crippen LogP contribution in [0.25, 0.3) is 0 Å². The first-order valence-corrected chi connectivity index (χ1v) is 3.68. The van der Waals surface area contributed by atoms with E-state index < -0.39 is 11.5 Å². The van der Waals surface area contributed by atoms with Crippen LogP contribution in [0.3, 0.4) is 0 Å². The maximum Gasteiger partial charge on any atom is 0.323 e. The number of rotatable bonds is 4. The lowest BCUT2D eigenvalue weighted by Gasteiger charge is -2.15. The van der Waals surface area contributed by atoms with Crippen molar-refractivity contribution in [3.63, 3.8) is 0 Å². The second-order valence-corrected chi connectivity index (χ2v) is 2.81. The maximum atomic E-state index is 10.5. The van der Waals surface area contributed by atoms with Crippen LogP contribution in [0.4, 0.5) is 0 Å². The first-order chi connectivity index (χ1) is 5.00. The summed E-state index contributed by atoms with van der Waals surface area (Å²) < 4.78 is 0. The summed E-state index contributed by atoms with van der Waals surface area (Å²) >= 11 is 0. The van der Waals surface area contributed by atoms with E-state index in [2.05, 4.69) is 0 Å². The lowest BCUT2D eigenvalue weighted by molar-refractivity contribution is -0.142. The molecule has 1 atom stereocenters. The van der Waals surface area contributed by atoms with Gasteiger partial charge in [-0.15, -0.1) is 0 Å². The van der Waals surface area contributed by atoms with Crippen LogP contribution in [0.2, 0.25) is 0 Å². The Bertz CT molecular complexity index is 161. The summed E-state index contributed by atoms with van der Waals surface area (Å²) in [6.07, 6.45) is 5.01. The summed E-state index contributed by atoms with van der Waals surface area (Å²) in [6, 6.07) is 0. The van der Waals surface area contributed by atoms with E-state index in [1.54, 1.807) is 6.08 Å². The molecule has 0 amide bonds. The molecule has 3 nitrogen and oxygen atoms in total. The standard InChI is InChI=1S/C8H15NO2/c1-3-4-5-6-8(2,9)7(10)11/h4-5H,3,6,9H2,1-2H3,(H,10,11)/t8-/m1/s1. The smallest absolute Gasteiger partial charge is 0.323 e. The molecule has 0 aliphatic heterocycles. The van der Waals surface area contributed by atoms with Gasteiger partial charge in [-0.05, 0) is 19.8 Å². The van der Waals surface area contributed by atoms with E-state index in [-0.39, 0.29) is 0 Å². The van der Waals surface area contributed by atoms with Crippen molar-refractivity contribution in [3.05, 3.63) is 12.2 Å². The van der Waals surface area contributed by atoms with Gasteiger partial charge < -0.3 is 10.8 Å². The van der Waals surface area contributed by atoms with Crippen LogP contribution in [-0.2, 0) is 4.79 Å². The van der Waals surface area contributed by atoms with Gasteiger partial charge in [0.15, 0.2) is 0 Å². The number of allylic oxidation sites excluding steroid dienone is 1. The number of carbonyl (C=O) groups is 1. The van der Waals surface area contributed by atoms with Crippen LogP contribution in [-0.4, -0.2) is 16.6 Å². The molecule has 0 aliphatic carbocycles. The molecule has 0 saturated carbocycles. The van der Waals surface area contributed by atoms with Crippen molar-refractivity contribution >= 4 is 5.97 Å².